The normalized spacial score (nSPS) is 17.0. The number of hydrogen-bond donors (Lipinski definition) is 0. The number of carbonyl (C=O) groups is 2. The average molecular weight is 401 g/mol. The van der Waals surface area contributed by atoms with Gasteiger partial charge in [-0.2, -0.15) is 5.10 Å². The van der Waals surface area contributed by atoms with Crippen LogP contribution in [0.15, 0.2) is 35.4 Å². The summed E-state index contributed by atoms with van der Waals surface area (Å²) in [6.45, 7) is 4.99. The van der Waals surface area contributed by atoms with E-state index in [0.717, 1.165) is 22.1 Å². The molecule has 4 rings (SSSR count). The largest absolute Gasteiger partial charge is 0.378 e. The molecule has 2 aliphatic heterocycles. The minimum absolute atomic E-state index is 0.0760. The Hall–Kier alpha value is -2.32. The molecular weight excluding hydrogens is 376 g/mol. The predicted molar refractivity (Wildman–Crippen MR) is 108 cm³/mol. The maximum absolute atomic E-state index is 12.6. The number of hydrogen-bond acceptors (Lipinski definition) is 5. The molecule has 3 heterocycles. The highest BCUT2D eigenvalue weighted by molar-refractivity contribution is 8.00. The summed E-state index contributed by atoms with van der Waals surface area (Å²) >= 11 is 1.53. The number of aryl methyl sites for hydroxylation is 1. The highest BCUT2D eigenvalue weighted by Crippen LogP contribution is 2.39. The summed E-state index contributed by atoms with van der Waals surface area (Å²) in [5.41, 5.74) is 2.69. The van der Waals surface area contributed by atoms with Crippen molar-refractivity contribution in [3.63, 3.8) is 0 Å². The second-order valence-corrected chi connectivity index (χ2v) is 7.88. The molecule has 0 bridgehead atoms. The van der Waals surface area contributed by atoms with E-state index >= 15 is 0 Å². The van der Waals surface area contributed by atoms with Crippen molar-refractivity contribution < 1.29 is 14.3 Å². The lowest BCUT2D eigenvalue weighted by molar-refractivity contribution is -0.135. The van der Waals surface area contributed by atoms with Crippen molar-refractivity contribution in [1.29, 1.82) is 0 Å². The van der Waals surface area contributed by atoms with Crippen molar-refractivity contribution in [2.75, 3.05) is 43.5 Å². The zero-order valence-electron chi connectivity index (χ0n) is 16.0. The fourth-order valence-corrected chi connectivity index (χ4v) is 4.69. The number of benzene rings is 1. The number of anilines is 1. The number of carbonyl (C=O) groups excluding carboxylic acids is 2. The highest BCUT2D eigenvalue weighted by atomic mass is 32.2. The third kappa shape index (κ3) is 3.79. The van der Waals surface area contributed by atoms with E-state index in [2.05, 4.69) is 5.10 Å². The SMILES string of the molecule is Cc1nn(-c2ccccc2)c2c1N(CCCC(=O)N1CCOCC1)C(=O)CS2. The smallest absolute Gasteiger partial charge is 0.237 e. The molecule has 1 saturated heterocycles. The number of amides is 2. The van der Waals surface area contributed by atoms with E-state index in [4.69, 9.17) is 4.74 Å². The molecule has 2 aliphatic rings. The number of aromatic nitrogens is 2. The molecule has 0 N–H and O–H groups in total. The van der Waals surface area contributed by atoms with Gasteiger partial charge in [0.2, 0.25) is 11.8 Å². The molecule has 1 fully saturated rings. The Bertz CT molecular complexity index is 862. The second kappa shape index (κ2) is 8.36. The Labute approximate surface area is 168 Å². The van der Waals surface area contributed by atoms with Gasteiger partial charge in [0.25, 0.3) is 0 Å². The summed E-state index contributed by atoms with van der Waals surface area (Å²) < 4.78 is 7.21. The van der Waals surface area contributed by atoms with E-state index < -0.39 is 0 Å². The Morgan fingerprint density at radius 3 is 2.71 bits per heavy atom. The summed E-state index contributed by atoms with van der Waals surface area (Å²) in [7, 11) is 0. The minimum atomic E-state index is 0.0760. The first-order chi connectivity index (χ1) is 13.6. The maximum Gasteiger partial charge on any atom is 0.237 e. The van der Waals surface area contributed by atoms with Crippen LogP contribution in [-0.4, -0.2) is 65.1 Å². The zero-order chi connectivity index (χ0) is 19.5. The van der Waals surface area contributed by atoms with Crippen LogP contribution in [0.3, 0.4) is 0 Å². The first-order valence-electron chi connectivity index (χ1n) is 9.59. The fourth-order valence-electron chi connectivity index (χ4n) is 3.61. The topological polar surface area (TPSA) is 67.7 Å². The number of morpholine rings is 1. The lowest BCUT2D eigenvalue weighted by Gasteiger charge is -2.29. The van der Waals surface area contributed by atoms with Gasteiger partial charge in [-0.15, -0.1) is 0 Å². The van der Waals surface area contributed by atoms with Crippen LogP contribution in [-0.2, 0) is 14.3 Å². The molecule has 0 unspecified atom stereocenters. The minimum Gasteiger partial charge on any atom is -0.378 e. The van der Waals surface area contributed by atoms with Gasteiger partial charge in [-0.05, 0) is 25.5 Å². The molecule has 0 radical (unpaired) electrons. The molecule has 148 valence electrons. The van der Waals surface area contributed by atoms with Gasteiger partial charge in [0.15, 0.2) is 0 Å². The predicted octanol–water partition coefficient (Wildman–Crippen LogP) is 2.26. The van der Waals surface area contributed by atoms with Gasteiger partial charge in [0, 0.05) is 26.1 Å². The third-order valence-corrected chi connectivity index (χ3v) is 6.06. The summed E-state index contributed by atoms with van der Waals surface area (Å²) in [6, 6.07) is 9.95. The molecule has 0 aliphatic carbocycles. The van der Waals surface area contributed by atoms with Crippen molar-refractivity contribution in [2.45, 2.75) is 24.8 Å². The molecule has 0 atom stereocenters. The first-order valence-corrected chi connectivity index (χ1v) is 10.6. The van der Waals surface area contributed by atoms with Crippen LogP contribution in [0.1, 0.15) is 18.5 Å². The molecule has 28 heavy (non-hydrogen) atoms. The number of nitrogens with zero attached hydrogens (tertiary/aromatic N) is 4. The van der Waals surface area contributed by atoms with E-state index in [-0.39, 0.29) is 11.8 Å². The molecule has 1 aromatic carbocycles. The van der Waals surface area contributed by atoms with E-state index in [1.165, 1.54) is 11.8 Å². The number of ether oxygens (including phenoxy) is 1. The van der Waals surface area contributed by atoms with Gasteiger partial charge < -0.3 is 14.5 Å². The van der Waals surface area contributed by atoms with Gasteiger partial charge >= 0.3 is 0 Å². The van der Waals surface area contributed by atoms with Gasteiger partial charge in [-0.25, -0.2) is 4.68 Å². The molecule has 2 amide bonds. The number of fused-ring (bicyclic) bond motifs is 1. The lowest BCUT2D eigenvalue weighted by Crippen LogP contribution is -2.41. The lowest BCUT2D eigenvalue weighted by atomic mass is 10.2. The van der Waals surface area contributed by atoms with E-state index in [1.54, 1.807) is 4.90 Å². The molecule has 0 spiro atoms. The third-order valence-electron chi connectivity index (χ3n) is 5.03. The van der Waals surface area contributed by atoms with Crippen molar-refractivity contribution in [1.82, 2.24) is 14.7 Å². The van der Waals surface area contributed by atoms with Crippen LogP contribution in [0.5, 0.6) is 0 Å². The second-order valence-electron chi connectivity index (χ2n) is 6.92. The number of para-hydroxylation sites is 1. The molecular formula is C20H24N4O3S. The van der Waals surface area contributed by atoms with Crippen LogP contribution in [0.25, 0.3) is 5.69 Å². The van der Waals surface area contributed by atoms with Crippen molar-refractivity contribution in [3.8, 4) is 5.69 Å². The summed E-state index contributed by atoms with van der Waals surface area (Å²) in [5.74, 6) is 0.605. The zero-order valence-corrected chi connectivity index (χ0v) is 16.8. The highest BCUT2D eigenvalue weighted by Gasteiger charge is 2.31. The van der Waals surface area contributed by atoms with E-state index in [9.17, 15) is 9.59 Å². The molecule has 7 nitrogen and oxygen atoms in total. The van der Waals surface area contributed by atoms with Gasteiger partial charge in [-0.1, -0.05) is 30.0 Å². The molecule has 1 aromatic heterocycles. The summed E-state index contributed by atoms with van der Waals surface area (Å²) in [4.78, 5) is 28.6. The fraction of sp³-hybridized carbons (Fsp3) is 0.450. The van der Waals surface area contributed by atoms with E-state index in [1.807, 2.05) is 46.8 Å². The Kier molecular flexibility index (Phi) is 5.68. The Morgan fingerprint density at radius 1 is 1.21 bits per heavy atom. The number of thioether (sulfide) groups is 1. The van der Waals surface area contributed by atoms with E-state index in [0.29, 0.717) is 51.4 Å². The molecule has 8 heteroatoms. The van der Waals surface area contributed by atoms with Crippen LogP contribution < -0.4 is 4.90 Å². The van der Waals surface area contributed by atoms with Crippen LogP contribution in [0, 0.1) is 6.92 Å². The standard InChI is InChI=1S/C20H24N4O3S/c1-15-19-20(24(21-15)16-6-3-2-4-7-16)28-14-18(26)23(19)9-5-8-17(25)22-10-12-27-13-11-22/h2-4,6-7H,5,8-14H2,1H3. The van der Waals surface area contributed by atoms with Crippen LogP contribution in [0.2, 0.25) is 0 Å². The Morgan fingerprint density at radius 2 is 1.96 bits per heavy atom. The van der Waals surface area contributed by atoms with Crippen molar-refractivity contribution in [2.24, 2.45) is 0 Å². The van der Waals surface area contributed by atoms with Gasteiger partial charge in [-0.3, -0.25) is 9.59 Å². The summed E-state index contributed by atoms with van der Waals surface area (Å²) in [5, 5.41) is 5.67. The first kappa shape index (κ1) is 19.0. The summed E-state index contributed by atoms with van der Waals surface area (Å²) in [6.07, 6.45) is 1.08. The number of rotatable bonds is 5. The van der Waals surface area contributed by atoms with Crippen LogP contribution in [0.4, 0.5) is 5.69 Å². The van der Waals surface area contributed by atoms with Gasteiger partial charge in [0.05, 0.1) is 36.0 Å². The molecule has 2 aromatic rings. The maximum atomic E-state index is 12.6. The monoisotopic (exact) mass is 400 g/mol. The van der Waals surface area contributed by atoms with Crippen molar-refractivity contribution >= 4 is 29.3 Å². The average Bonchev–Trinajstić information content (AvgIpc) is 3.07. The van der Waals surface area contributed by atoms with Crippen LogP contribution >= 0.6 is 11.8 Å². The Balaban J connectivity index is 1.48. The quantitative estimate of drug-likeness (QED) is 0.770. The molecule has 0 saturated carbocycles. The van der Waals surface area contributed by atoms with Crippen molar-refractivity contribution in [3.05, 3.63) is 36.0 Å². The van der Waals surface area contributed by atoms with Gasteiger partial charge in [0.1, 0.15) is 5.03 Å².